The van der Waals surface area contributed by atoms with Crippen molar-refractivity contribution in [2.75, 3.05) is 6.61 Å². The van der Waals surface area contributed by atoms with Crippen LogP contribution in [-0.2, 0) is 14.9 Å². The van der Waals surface area contributed by atoms with Gasteiger partial charge in [-0.25, -0.2) is 0 Å². The fourth-order valence-electron chi connectivity index (χ4n) is 5.84. The lowest BCUT2D eigenvalue weighted by Crippen LogP contribution is -2.50. The Hall–Kier alpha value is -2.86. The van der Waals surface area contributed by atoms with Crippen LogP contribution in [0.1, 0.15) is 67.1 Å². The maximum absolute atomic E-state index is 12.9. The highest BCUT2D eigenvalue weighted by molar-refractivity contribution is 6.78. The minimum Gasteiger partial charge on any atom is -0.543 e. The normalized spacial score (nSPS) is 14.9. The highest BCUT2D eigenvalue weighted by Crippen LogP contribution is 2.54. The molecule has 1 saturated carbocycles. The molecule has 1 aliphatic carbocycles. The first-order chi connectivity index (χ1) is 17.2. The third kappa shape index (κ3) is 4.52. The molecule has 0 amide bonds. The smallest absolute Gasteiger partial charge is 0.319 e. The van der Waals surface area contributed by atoms with Crippen molar-refractivity contribution in [3.05, 3.63) is 60.4 Å². The summed E-state index contributed by atoms with van der Waals surface area (Å²) in [4.78, 5) is 12.9. The van der Waals surface area contributed by atoms with Gasteiger partial charge in [-0.2, -0.15) is 0 Å². The Kier molecular flexibility index (Phi) is 7.46. The second kappa shape index (κ2) is 10.2. The molecule has 4 rings (SSSR count). The predicted octanol–water partition coefficient (Wildman–Crippen LogP) is 8.16. The summed E-state index contributed by atoms with van der Waals surface area (Å²) in [5.41, 5.74) is 4.26. The average Bonchev–Trinajstić information content (AvgIpc) is 3.54. The number of carbonyl (C=O) groups excluding carboxylic acids is 1. The van der Waals surface area contributed by atoms with E-state index in [1.54, 1.807) is 0 Å². The molecule has 0 bridgehead atoms. The zero-order chi connectivity index (χ0) is 26.1. The van der Waals surface area contributed by atoms with E-state index in [0.29, 0.717) is 41.8 Å². The fraction of sp³-hybridized carbons (Fsp3) is 0.467. The van der Waals surface area contributed by atoms with Gasteiger partial charge in [-0.05, 0) is 66.2 Å². The van der Waals surface area contributed by atoms with Gasteiger partial charge in [0.15, 0.2) is 5.76 Å². The number of ether oxygens (including phenoxy) is 1. The summed E-state index contributed by atoms with van der Waals surface area (Å²) in [7, 11) is -2.05. The zero-order valence-corrected chi connectivity index (χ0v) is 23.6. The van der Waals surface area contributed by atoms with Crippen LogP contribution in [-0.4, -0.2) is 26.1 Å². The fourth-order valence-corrected chi connectivity index (χ4v) is 11.1. The van der Waals surface area contributed by atoms with E-state index in [1.807, 2.05) is 61.5 Å². The van der Waals surface area contributed by atoms with Crippen LogP contribution in [0.15, 0.2) is 59.1 Å². The standard InChI is InChI=1S/C30H39NO4Si/c1-8-33-29(32)30(18-19-30)28-26(23-12-10-9-11-13-23)27(31-34-28)24-14-16-25(17-15-24)35-36(20(2)3,21(4)5)22(6)7/h9-17,20-22H,8,18-19H2,1-7H3. The molecule has 1 aromatic heterocycles. The molecule has 0 unspecified atom stereocenters. The minimum absolute atomic E-state index is 0.231. The topological polar surface area (TPSA) is 61.6 Å². The van der Waals surface area contributed by atoms with Gasteiger partial charge in [0.1, 0.15) is 16.9 Å². The second-order valence-corrected chi connectivity index (χ2v) is 16.2. The summed E-state index contributed by atoms with van der Waals surface area (Å²) in [6, 6.07) is 18.2. The van der Waals surface area contributed by atoms with Crippen molar-refractivity contribution in [3.63, 3.8) is 0 Å². The Balaban J connectivity index is 1.74. The molecule has 3 aromatic rings. The lowest BCUT2D eigenvalue weighted by Gasteiger charge is -2.42. The van der Waals surface area contributed by atoms with E-state index in [-0.39, 0.29) is 5.97 Å². The van der Waals surface area contributed by atoms with Gasteiger partial charge in [0, 0.05) is 5.56 Å². The molecule has 2 aromatic carbocycles. The monoisotopic (exact) mass is 505 g/mol. The van der Waals surface area contributed by atoms with Crippen molar-refractivity contribution in [1.82, 2.24) is 5.16 Å². The number of hydrogen-bond donors (Lipinski definition) is 0. The van der Waals surface area contributed by atoms with Crippen molar-refractivity contribution in [2.45, 2.75) is 83.3 Å². The summed E-state index contributed by atoms with van der Waals surface area (Å²) in [6.45, 7) is 15.9. The van der Waals surface area contributed by atoms with Gasteiger partial charge in [0.25, 0.3) is 8.32 Å². The molecule has 1 fully saturated rings. The van der Waals surface area contributed by atoms with Crippen molar-refractivity contribution < 1.29 is 18.5 Å². The molecule has 0 atom stereocenters. The summed E-state index contributed by atoms with van der Waals surface area (Å²) in [5, 5.41) is 4.49. The largest absolute Gasteiger partial charge is 0.543 e. The Labute approximate surface area is 216 Å². The van der Waals surface area contributed by atoms with E-state index in [4.69, 9.17) is 13.7 Å². The average molecular weight is 506 g/mol. The van der Waals surface area contributed by atoms with Crippen molar-refractivity contribution in [3.8, 4) is 28.1 Å². The number of rotatable bonds is 10. The summed E-state index contributed by atoms with van der Waals surface area (Å²) in [5.74, 6) is 1.27. The number of benzene rings is 2. The lowest BCUT2D eigenvalue weighted by atomic mass is 9.92. The molecule has 0 N–H and O–H groups in total. The summed E-state index contributed by atoms with van der Waals surface area (Å²) < 4.78 is 18.2. The first-order valence-corrected chi connectivity index (χ1v) is 15.3. The van der Waals surface area contributed by atoms with Gasteiger partial charge in [-0.15, -0.1) is 0 Å². The molecule has 0 aliphatic heterocycles. The van der Waals surface area contributed by atoms with Crippen LogP contribution >= 0.6 is 0 Å². The Morgan fingerprint density at radius 1 is 0.917 bits per heavy atom. The third-order valence-electron chi connectivity index (χ3n) is 7.73. The maximum atomic E-state index is 12.9. The molecule has 0 spiro atoms. The van der Waals surface area contributed by atoms with Gasteiger partial charge in [-0.3, -0.25) is 4.79 Å². The van der Waals surface area contributed by atoms with Crippen LogP contribution in [0, 0.1) is 0 Å². The van der Waals surface area contributed by atoms with Crippen LogP contribution in [0.5, 0.6) is 5.75 Å². The number of nitrogens with zero attached hydrogens (tertiary/aromatic N) is 1. The zero-order valence-electron chi connectivity index (χ0n) is 22.6. The first-order valence-electron chi connectivity index (χ1n) is 13.2. The Morgan fingerprint density at radius 2 is 1.50 bits per heavy atom. The third-order valence-corrected chi connectivity index (χ3v) is 13.7. The van der Waals surface area contributed by atoms with Crippen molar-refractivity contribution >= 4 is 14.3 Å². The highest BCUT2D eigenvalue weighted by Gasteiger charge is 2.57. The van der Waals surface area contributed by atoms with Crippen LogP contribution in [0.25, 0.3) is 22.4 Å². The molecule has 0 radical (unpaired) electrons. The number of hydrogen-bond acceptors (Lipinski definition) is 5. The predicted molar refractivity (Wildman–Crippen MR) is 147 cm³/mol. The van der Waals surface area contributed by atoms with E-state index in [0.717, 1.165) is 28.1 Å². The Bertz CT molecular complexity index is 1160. The van der Waals surface area contributed by atoms with E-state index >= 15 is 0 Å². The quantitative estimate of drug-likeness (QED) is 0.205. The van der Waals surface area contributed by atoms with Gasteiger partial charge in [0.05, 0.1) is 12.2 Å². The number of carbonyl (C=O) groups is 1. The number of esters is 1. The van der Waals surface area contributed by atoms with Crippen LogP contribution in [0.2, 0.25) is 16.6 Å². The lowest BCUT2D eigenvalue weighted by molar-refractivity contribution is -0.146. The van der Waals surface area contributed by atoms with Crippen LogP contribution < -0.4 is 4.43 Å². The molecule has 0 saturated heterocycles. The second-order valence-electron chi connectivity index (χ2n) is 10.8. The summed E-state index contributed by atoms with van der Waals surface area (Å²) >= 11 is 0. The summed E-state index contributed by atoms with van der Waals surface area (Å²) in [6.07, 6.45) is 1.42. The molecular weight excluding hydrogens is 466 g/mol. The molecule has 1 heterocycles. The van der Waals surface area contributed by atoms with Crippen LogP contribution in [0.4, 0.5) is 0 Å². The first kappa shape index (κ1) is 26.2. The molecule has 1 aliphatic rings. The van der Waals surface area contributed by atoms with E-state index in [9.17, 15) is 4.79 Å². The van der Waals surface area contributed by atoms with Gasteiger partial charge in [-0.1, -0.05) is 77.0 Å². The van der Waals surface area contributed by atoms with E-state index in [2.05, 4.69) is 46.7 Å². The van der Waals surface area contributed by atoms with E-state index in [1.165, 1.54) is 0 Å². The molecule has 5 nitrogen and oxygen atoms in total. The molecular formula is C30H39NO4Si. The number of aromatic nitrogens is 1. The highest BCUT2D eigenvalue weighted by atomic mass is 28.4. The van der Waals surface area contributed by atoms with Crippen molar-refractivity contribution in [2.24, 2.45) is 0 Å². The Morgan fingerprint density at radius 3 is 2.00 bits per heavy atom. The van der Waals surface area contributed by atoms with Gasteiger partial charge in [0.2, 0.25) is 0 Å². The maximum Gasteiger partial charge on any atom is 0.319 e. The molecule has 6 heteroatoms. The van der Waals surface area contributed by atoms with Crippen molar-refractivity contribution in [1.29, 1.82) is 0 Å². The van der Waals surface area contributed by atoms with E-state index < -0.39 is 13.7 Å². The SMILES string of the molecule is CCOC(=O)C1(c2onc(-c3ccc(O[Si](C(C)C)(C(C)C)C(C)C)cc3)c2-c2ccccc2)CC1. The minimum atomic E-state index is -2.05. The molecule has 36 heavy (non-hydrogen) atoms. The van der Waals surface area contributed by atoms with Gasteiger partial charge >= 0.3 is 5.97 Å². The molecule has 192 valence electrons. The van der Waals surface area contributed by atoms with Gasteiger partial charge < -0.3 is 13.7 Å². The van der Waals surface area contributed by atoms with Crippen LogP contribution in [0.3, 0.4) is 0 Å².